The molecule has 9 rings (SSSR count). The van der Waals surface area contributed by atoms with Gasteiger partial charge < -0.3 is 67.6 Å². The maximum Gasteiger partial charge on any atom is 3.00 e. The molecule has 0 fully saturated rings. The van der Waals surface area contributed by atoms with E-state index in [-0.39, 0.29) is 76.5 Å². The van der Waals surface area contributed by atoms with Gasteiger partial charge in [-0.2, -0.15) is 0 Å². The van der Waals surface area contributed by atoms with Gasteiger partial charge in [0.05, 0.1) is 45.0 Å². The van der Waals surface area contributed by atoms with Crippen molar-refractivity contribution in [1.82, 2.24) is 19.9 Å². The topological polar surface area (TPSA) is 207 Å². The molecule has 0 saturated carbocycles. The van der Waals surface area contributed by atoms with Gasteiger partial charge in [0.15, 0.2) is 0 Å². The molecule has 0 atom stereocenters. The first kappa shape index (κ1) is 47.8. The van der Waals surface area contributed by atoms with Crippen LogP contribution in [0.1, 0.15) is 64.2 Å². The normalized spacial score (nSPS) is 11.0. The number of hydrogen-bond acceptors (Lipinski definition) is 6. The molecule has 5 heterocycles. The van der Waals surface area contributed by atoms with Gasteiger partial charge in [0.25, 0.3) is 0 Å². The number of carbonyl (C=O) groups is 4. The molecule has 319 valence electrons. The first-order chi connectivity index (χ1) is 29.0. The van der Waals surface area contributed by atoms with Crippen LogP contribution >= 0.6 is 0 Å². The van der Waals surface area contributed by atoms with E-state index in [1.165, 1.54) is 48.5 Å². The Bertz CT molecular complexity index is 2780. The average molecular weight is 953 g/mol. The van der Waals surface area contributed by atoms with Crippen molar-refractivity contribution >= 4 is 70.2 Å². The number of rotatable bonds is 8. The second-order valence-electron chi connectivity index (χ2n) is 14.0. The standard InChI is InChI=1S/C48H30N4O8.3ClH.Fe/c53-45(54)29-9-1-25(2-10-29)41-33-17-19-35(49-33)42(26-3-11-30(12-4-26)46(55)56)37-21-23-39(51-37)44(28-7-15-32(16-8-28)48(59)60)40-24-22-38(52-40)43(36-20-18-34(41)50-36)27-5-13-31(14-6-27)47(57)58;;;;/h1-24,49,52H,(H,53,54)(H,55,56)(H,57,58)(H,59,60);3*1H;/q;;;;+3/p-3. The molecule has 4 aromatic carbocycles. The van der Waals surface area contributed by atoms with Crippen LogP contribution in [0.15, 0.2) is 121 Å². The molecule has 3 aromatic heterocycles. The molecule has 0 spiro atoms. The van der Waals surface area contributed by atoms with E-state index in [9.17, 15) is 39.6 Å². The maximum absolute atomic E-state index is 11.8. The van der Waals surface area contributed by atoms with Gasteiger partial charge in [-0.15, -0.1) is 0 Å². The molecule has 2 aliphatic rings. The van der Waals surface area contributed by atoms with E-state index in [1.54, 1.807) is 48.5 Å². The molecule has 0 aliphatic carbocycles. The number of nitrogens with zero attached hydrogens (tertiary/aromatic N) is 2. The Morgan fingerprint density at radius 1 is 0.328 bits per heavy atom. The Balaban J connectivity index is 0.00000193. The molecule has 1 radical (unpaired) electrons. The molecule has 0 saturated heterocycles. The third-order valence-electron chi connectivity index (χ3n) is 10.4. The zero-order valence-electron chi connectivity index (χ0n) is 32.7. The Hall–Kier alpha value is -7.25. The van der Waals surface area contributed by atoms with E-state index >= 15 is 0 Å². The first-order valence-corrected chi connectivity index (χ1v) is 18.5. The van der Waals surface area contributed by atoms with Crippen LogP contribution in [0.3, 0.4) is 0 Å². The largest absolute Gasteiger partial charge is 3.00 e. The molecule has 2 aliphatic heterocycles. The Morgan fingerprint density at radius 2 is 0.516 bits per heavy atom. The third-order valence-corrected chi connectivity index (χ3v) is 10.4. The van der Waals surface area contributed by atoms with Crippen molar-refractivity contribution in [1.29, 1.82) is 0 Å². The second-order valence-corrected chi connectivity index (χ2v) is 14.0. The number of nitrogens with one attached hydrogen (secondary N) is 2. The molecule has 0 unspecified atom stereocenters. The molecule has 0 amide bonds. The third kappa shape index (κ3) is 8.98. The van der Waals surface area contributed by atoms with Crippen LogP contribution in [-0.2, 0) is 17.1 Å². The van der Waals surface area contributed by atoms with Gasteiger partial charge in [0, 0.05) is 44.3 Å². The number of aromatic nitrogens is 4. The van der Waals surface area contributed by atoms with Crippen molar-refractivity contribution < 1.29 is 93.9 Å². The summed E-state index contributed by atoms with van der Waals surface area (Å²) in [5.41, 5.74) is 10.7. The smallest absolute Gasteiger partial charge is 1.00 e. The summed E-state index contributed by atoms with van der Waals surface area (Å²) in [4.78, 5) is 64.8. The van der Waals surface area contributed by atoms with Crippen LogP contribution in [0, 0.1) is 0 Å². The molecular formula is C48H30Cl3FeN4O8. The predicted molar refractivity (Wildman–Crippen MR) is 228 cm³/mol. The fraction of sp³-hybridized carbons (Fsp3) is 0. The predicted octanol–water partition coefficient (Wildman–Crippen LogP) is 1.13. The molecule has 7 aromatic rings. The van der Waals surface area contributed by atoms with Gasteiger partial charge in [-0.3, -0.25) is 0 Å². The van der Waals surface area contributed by atoms with E-state index in [0.717, 1.165) is 0 Å². The number of fused-ring (bicyclic) bond motifs is 8. The van der Waals surface area contributed by atoms with Crippen molar-refractivity contribution in [2.24, 2.45) is 0 Å². The van der Waals surface area contributed by atoms with Crippen molar-refractivity contribution in [3.63, 3.8) is 0 Å². The Labute approximate surface area is 392 Å². The quantitative estimate of drug-likeness (QED) is 0.120. The van der Waals surface area contributed by atoms with Gasteiger partial charge in [-0.05, 0) is 119 Å². The number of halogens is 3. The van der Waals surface area contributed by atoms with E-state index in [0.29, 0.717) is 89.4 Å². The summed E-state index contributed by atoms with van der Waals surface area (Å²) >= 11 is 0. The van der Waals surface area contributed by atoms with E-state index in [2.05, 4.69) is 9.97 Å². The summed E-state index contributed by atoms with van der Waals surface area (Å²) in [5.74, 6) is -4.25. The maximum atomic E-state index is 11.8. The minimum atomic E-state index is -1.06. The van der Waals surface area contributed by atoms with Crippen molar-refractivity contribution in [2.45, 2.75) is 0 Å². The number of carboxylic acids is 4. The number of benzene rings is 4. The van der Waals surface area contributed by atoms with Crippen molar-refractivity contribution in [2.75, 3.05) is 0 Å². The fourth-order valence-corrected chi connectivity index (χ4v) is 7.54. The molecular weight excluding hydrogens is 923 g/mol. The zero-order chi connectivity index (χ0) is 41.7. The average Bonchev–Trinajstić information content (AvgIpc) is 4.10. The minimum absolute atomic E-state index is 0. The van der Waals surface area contributed by atoms with E-state index in [1.807, 2.05) is 48.6 Å². The van der Waals surface area contributed by atoms with Crippen LogP contribution in [0.25, 0.3) is 90.9 Å². The summed E-state index contributed by atoms with van der Waals surface area (Å²) in [6.45, 7) is 0. The number of aromatic carboxylic acids is 4. The minimum Gasteiger partial charge on any atom is -1.00 e. The van der Waals surface area contributed by atoms with Crippen LogP contribution in [0.5, 0.6) is 0 Å². The summed E-state index contributed by atoms with van der Waals surface area (Å²) in [6, 6.07) is 33.6. The number of aromatic amines is 2. The van der Waals surface area contributed by atoms with Gasteiger partial charge in [0.2, 0.25) is 0 Å². The van der Waals surface area contributed by atoms with Crippen LogP contribution in [0.2, 0.25) is 0 Å². The molecule has 12 nitrogen and oxygen atoms in total. The number of carboxylic acid groups (broad SMARTS) is 4. The monoisotopic (exact) mass is 951 g/mol. The van der Waals surface area contributed by atoms with Gasteiger partial charge >= 0.3 is 40.9 Å². The second kappa shape index (κ2) is 19.4. The van der Waals surface area contributed by atoms with E-state index < -0.39 is 23.9 Å². The molecule has 64 heavy (non-hydrogen) atoms. The molecule has 8 bridgehead atoms. The van der Waals surface area contributed by atoms with Crippen LogP contribution < -0.4 is 37.2 Å². The van der Waals surface area contributed by atoms with Gasteiger partial charge in [-0.1, -0.05) is 48.5 Å². The van der Waals surface area contributed by atoms with Crippen LogP contribution in [0.4, 0.5) is 0 Å². The molecule has 16 heteroatoms. The van der Waals surface area contributed by atoms with Gasteiger partial charge in [-0.25, -0.2) is 29.1 Å². The van der Waals surface area contributed by atoms with Crippen LogP contribution in [-0.4, -0.2) is 64.2 Å². The summed E-state index contributed by atoms with van der Waals surface area (Å²) in [7, 11) is 0. The zero-order valence-corrected chi connectivity index (χ0v) is 36.0. The fourth-order valence-electron chi connectivity index (χ4n) is 7.54. The summed E-state index contributed by atoms with van der Waals surface area (Å²) in [5, 5.41) is 38.7. The summed E-state index contributed by atoms with van der Waals surface area (Å²) in [6.07, 6.45) is 7.47. The molecule has 6 N–H and O–H groups in total. The Morgan fingerprint density at radius 3 is 0.688 bits per heavy atom. The SMILES string of the molecule is O=C(O)c1ccc(-c2c3nc(c(-c4ccc(C(=O)O)cc4)c4ccc([nH]4)c(-c4ccc(C(=O)O)cc4)c4nc(c(-c5ccc(C(=O)O)cc5)c5ccc2[nH]5)C=C4)C=C3)cc1.[Cl-].[Cl-].[Cl-].[Fe+3]. The Kier molecular flexibility index (Phi) is 14.5. The first-order valence-electron chi connectivity index (χ1n) is 18.5. The van der Waals surface area contributed by atoms with E-state index in [4.69, 9.17) is 9.97 Å². The number of hydrogen-bond donors (Lipinski definition) is 6. The van der Waals surface area contributed by atoms with Gasteiger partial charge in [0.1, 0.15) is 0 Å². The van der Waals surface area contributed by atoms with Crippen molar-refractivity contribution in [3.8, 4) is 44.5 Å². The van der Waals surface area contributed by atoms with Crippen molar-refractivity contribution in [3.05, 3.63) is 166 Å². The summed E-state index contributed by atoms with van der Waals surface area (Å²) < 4.78 is 0. The number of H-pyrrole nitrogens is 2.